The monoisotopic (exact) mass is 323 g/mol. The van der Waals surface area contributed by atoms with Crippen molar-refractivity contribution in [3.8, 4) is 10.7 Å². The number of aromatic nitrogens is 2. The molecule has 0 aliphatic heterocycles. The second-order valence-corrected chi connectivity index (χ2v) is 6.07. The van der Waals surface area contributed by atoms with Gasteiger partial charge in [-0.25, -0.2) is 9.97 Å². The van der Waals surface area contributed by atoms with Crippen LogP contribution in [0.5, 0.6) is 0 Å². The minimum atomic E-state index is 0.841. The molecule has 0 atom stereocenters. The maximum absolute atomic E-state index is 4.73. The number of halogens is 1. The Kier molecular flexibility index (Phi) is 3.35. The SMILES string of the molecule is CCNc1nc(-c2sccc2Br)nc2c1CCC2. The highest BCUT2D eigenvalue weighted by atomic mass is 79.9. The lowest BCUT2D eigenvalue weighted by atomic mass is 10.2. The summed E-state index contributed by atoms with van der Waals surface area (Å²) in [5.41, 5.74) is 2.53. The lowest BCUT2D eigenvalue weighted by molar-refractivity contribution is 0.900. The van der Waals surface area contributed by atoms with Crippen molar-refractivity contribution in [2.45, 2.75) is 26.2 Å². The summed E-state index contributed by atoms with van der Waals surface area (Å²) in [6.07, 6.45) is 3.37. The van der Waals surface area contributed by atoms with Crippen molar-refractivity contribution in [3.63, 3.8) is 0 Å². The maximum atomic E-state index is 4.73. The molecule has 0 unspecified atom stereocenters. The third kappa shape index (κ3) is 2.06. The molecule has 0 spiro atoms. The van der Waals surface area contributed by atoms with E-state index in [0.717, 1.165) is 40.4 Å². The van der Waals surface area contributed by atoms with Gasteiger partial charge in [0.15, 0.2) is 5.82 Å². The lowest BCUT2D eigenvalue weighted by Crippen LogP contribution is -2.06. The van der Waals surface area contributed by atoms with Crippen LogP contribution in [0.2, 0.25) is 0 Å². The fourth-order valence-corrected chi connectivity index (χ4v) is 3.78. The van der Waals surface area contributed by atoms with E-state index in [4.69, 9.17) is 9.97 Å². The van der Waals surface area contributed by atoms with Crippen molar-refractivity contribution in [3.05, 3.63) is 27.2 Å². The van der Waals surface area contributed by atoms with Crippen molar-refractivity contribution in [2.24, 2.45) is 0 Å². The summed E-state index contributed by atoms with van der Waals surface area (Å²) in [6, 6.07) is 2.05. The van der Waals surface area contributed by atoms with Gasteiger partial charge in [0, 0.05) is 22.3 Å². The van der Waals surface area contributed by atoms with Gasteiger partial charge < -0.3 is 5.32 Å². The molecule has 2 heterocycles. The number of hydrogen-bond acceptors (Lipinski definition) is 4. The predicted molar refractivity (Wildman–Crippen MR) is 79.2 cm³/mol. The van der Waals surface area contributed by atoms with Gasteiger partial charge in [-0.1, -0.05) is 0 Å². The summed E-state index contributed by atoms with van der Waals surface area (Å²) < 4.78 is 1.08. The molecular weight excluding hydrogens is 310 g/mol. The first-order valence-electron chi connectivity index (χ1n) is 6.16. The Morgan fingerprint density at radius 2 is 2.28 bits per heavy atom. The van der Waals surface area contributed by atoms with Gasteiger partial charge in [-0.2, -0.15) is 0 Å². The van der Waals surface area contributed by atoms with E-state index in [-0.39, 0.29) is 0 Å². The van der Waals surface area contributed by atoms with Gasteiger partial charge in [0.2, 0.25) is 0 Å². The number of thiophene rings is 1. The lowest BCUT2D eigenvalue weighted by Gasteiger charge is -2.10. The van der Waals surface area contributed by atoms with Crippen molar-refractivity contribution >= 4 is 33.1 Å². The highest BCUT2D eigenvalue weighted by molar-refractivity contribution is 9.10. The first-order chi connectivity index (χ1) is 8.79. The van der Waals surface area contributed by atoms with Crippen molar-refractivity contribution in [1.29, 1.82) is 0 Å². The Hall–Kier alpha value is -0.940. The zero-order valence-electron chi connectivity index (χ0n) is 10.2. The maximum Gasteiger partial charge on any atom is 0.173 e. The standard InChI is InChI=1S/C13H14BrN3S/c1-2-15-12-8-4-3-5-10(8)16-13(17-12)11-9(14)6-7-18-11/h6-7H,2-5H2,1H3,(H,15,16,17). The smallest absolute Gasteiger partial charge is 0.173 e. The number of nitrogens with one attached hydrogen (secondary N) is 1. The van der Waals surface area contributed by atoms with Crippen molar-refractivity contribution in [2.75, 3.05) is 11.9 Å². The van der Waals surface area contributed by atoms with Crippen LogP contribution in [-0.2, 0) is 12.8 Å². The third-order valence-corrected chi connectivity index (χ3v) is 4.93. The molecular formula is C13H14BrN3S. The number of anilines is 1. The summed E-state index contributed by atoms with van der Waals surface area (Å²) in [5, 5.41) is 5.43. The van der Waals surface area contributed by atoms with Gasteiger partial charge in [-0.3, -0.25) is 0 Å². The Balaban J connectivity index is 2.12. The second kappa shape index (κ2) is 4.97. The van der Waals surface area contributed by atoms with Crippen LogP contribution >= 0.6 is 27.3 Å². The average Bonchev–Trinajstić information content (AvgIpc) is 2.97. The number of rotatable bonds is 3. The highest BCUT2D eigenvalue weighted by Crippen LogP contribution is 2.34. The number of nitrogens with zero attached hydrogens (tertiary/aromatic N) is 2. The fraction of sp³-hybridized carbons (Fsp3) is 0.385. The summed E-state index contributed by atoms with van der Waals surface area (Å²) in [7, 11) is 0. The molecule has 1 N–H and O–H groups in total. The molecule has 1 aliphatic carbocycles. The van der Waals surface area contributed by atoms with E-state index < -0.39 is 0 Å². The minimum absolute atomic E-state index is 0.841. The highest BCUT2D eigenvalue weighted by Gasteiger charge is 2.20. The predicted octanol–water partition coefficient (Wildman–Crippen LogP) is 3.89. The van der Waals surface area contributed by atoms with E-state index >= 15 is 0 Å². The first-order valence-corrected chi connectivity index (χ1v) is 7.84. The average molecular weight is 324 g/mol. The first kappa shape index (κ1) is 12.1. The Bertz CT molecular complexity index is 580. The molecule has 0 radical (unpaired) electrons. The molecule has 0 bridgehead atoms. The molecule has 18 heavy (non-hydrogen) atoms. The molecule has 3 nitrogen and oxygen atoms in total. The van der Waals surface area contributed by atoms with Gasteiger partial charge in [0.05, 0.1) is 4.88 Å². The van der Waals surface area contributed by atoms with Crippen LogP contribution in [-0.4, -0.2) is 16.5 Å². The van der Waals surface area contributed by atoms with Crippen LogP contribution in [0.25, 0.3) is 10.7 Å². The van der Waals surface area contributed by atoms with Crippen LogP contribution in [0.3, 0.4) is 0 Å². The number of aryl methyl sites for hydroxylation is 1. The van der Waals surface area contributed by atoms with Crippen molar-refractivity contribution in [1.82, 2.24) is 9.97 Å². The van der Waals surface area contributed by atoms with E-state index in [2.05, 4.69) is 33.6 Å². The number of hydrogen-bond donors (Lipinski definition) is 1. The molecule has 0 fully saturated rings. The summed E-state index contributed by atoms with van der Waals surface area (Å²) in [6.45, 7) is 3.00. The Morgan fingerprint density at radius 3 is 3.00 bits per heavy atom. The van der Waals surface area contributed by atoms with Gasteiger partial charge in [-0.05, 0) is 53.6 Å². The second-order valence-electron chi connectivity index (χ2n) is 4.30. The quantitative estimate of drug-likeness (QED) is 0.931. The van der Waals surface area contributed by atoms with E-state index in [1.54, 1.807) is 11.3 Å². The summed E-state index contributed by atoms with van der Waals surface area (Å²) in [5.74, 6) is 1.86. The van der Waals surface area contributed by atoms with E-state index in [0.29, 0.717) is 0 Å². The fourth-order valence-electron chi connectivity index (χ4n) is 2.30. The molecule has 2 aromatic rings. The largest absolute Gasteiger partial charge is 0.370 e. The van der Waals surface area contributed by atoms with E-state index in [9.17, 15) is 0 Å². The van der Waals surface area contributed by atoms with Crippen LogP contribution in [0.15, 0.2) is 15.9 Å². The summed E-state index contributed by atoms with van der Waals surface area (Å²) >= 11 is 5.23. The van der Waals surface area contributed by atoms with Crippen LogP contribution in [0, 0.1) is 0 Å². The zero-order chi connectivity index (χ0) is 12.5. The molecule has 0 aromatic carbocycles. The topological polar surface area (TPSA) is 37.8 Å². The van der Waals surface area contributed by atoms with Gasteiger partial charge in [-0.15, -0.1) is 11.3 Å². The normalized spacial score (nSPS) is 13.7. The van der Waals surface area contributed by atoms with Crippen molar-refractivity contribution < 1.29 is 0 Å². The Morgan fingerprint density at radius 1 is 1.39 bits per heavy atom. The van der Waals surface area contributed by atoms with Gasteiger partial charge >= 0.3 is 0 Å². The molecule has 5 heteroatoms. The molecule has 2 aromatic heterocycles. The minimum Gasteiger partial charge on any atom is -0.370 e. The summed E-state index contributed by atoms with van der Waals surface area (Å²) in [4.78, 5) is 10.5. The molecule has 94 valence electrons. The molecule has 3 rings (SSSR count). The van der Waals surface area contributed by atoms with Gasteiger partial charge in [0.25, 0.3) is 0 Å². The zero-order valence-corrected chi connectivity index (χ0v) is 12.6. The Labute approximate surface area is 119 Å². The van der Waals surface area contributed by atoms with Gasteiger partial charge in [0.1, 0.15) is 5.82 Å². The molecule has 0 amide bonds. The van der Waals surface area contributed by atoms with Crippen LogP contribution < -0.4 is 5.32 Å². The molecule has 0 saturated carbocycles. The van der Waals surface area contributed by atoms with E-state index in [1.165, 1.54) is 17.7 Å². The molecule has 0 saturated heterocycles. The third-order valence-electron chi connectivity index (χ3n) is 3.10. The van der Waals surface area contributed by atoms with E-state index in [1.807, 2.05) is 6.07 Å². The number of fused-ring (bicyclic) bond motifs is 1. The van der Waals surface area contributed by atoms with Crippen LogP contribution in [0.4, 0.5) is 5.82 Å². The van der Waals surface area contributed by atoms with Crippen LogP contribution in [0.1, 0.15) is 24.6 Å². The molecule has 1 aliphatic rings.